The molecule has 0 aromatic rings. The fraction of sp³-hybridized carbons (Fsp3) is 1.00. The average molecular weight is 224 g/mol. The molecule has 0 bridgehead atoms. The van der Waals surface area contributed by atoms with E-state index in [0.29, 0.717) is 0 Å². The first-order valence-corrected chi connectivity index (χ1v) is 7.59. The first-order valence-electron chi connectivity index (χ1n) is 7.59. The molecule has 16 heavy (non-hydrogen) atoms. The Bertz CT molecular complexity index is 145. The molecule has 0 heterocycles. The summed E-state index contributed by atoms with van der Waals surface area (Å²) < 4.78 is 0. The Labute approximate surface area is 103 Å². The first-order chi connectivity index (χ1) is 7.59. The predicted octanol–water partition coefficient (Wildman–Crippen LogP) is 5.67. The summed E-state index contributed by atoms with van der Waals surface area (Å²) in [6.45, 7) is 9.49. The maximum Gasteiger partial charge on any atom is -0.0417 e. The maximum atomic E-state index is 2.38. The lowest BCUT2D eigenvalue weighted by molar-refractivity contribution is 0.277. The monoisotopic (exact) mass is 224 g/mol. The minimum Gasteiger partial charge on any atom is -0.0625 e. The van der Waals surface area contributed by atoms with Crippen LogP contribution in [0.3, 0.4) is 0 Å². The van der Waals surface area contributed by atoms with Crippen molar-refractivity contribution in [2.45, 2.75) is 79.1 Å². The highest BCUT2D eigenvalue weighted by atomic mass is 14.2. The van der Waals surface area contributed by atoms with Crippen LogP contribution >= 0.6 is 0 Å². The van der Waals surface area contributed by atoms with Crippen molar-refractivity contribution in [1.29, 1.82) is 0 Å². The molecule has 2 fully saturated rings. The van der Waals surface area contributed by atoms with E-state index in [1.165, 1.54) is 51.4 Å². The third-order valence-corrected chi connectivity index (χ3v) is 4.84. The van der Waals surface area contributed by atoms with E-state index in [0.717, 1.165) is 23.7 Å². The third kappa shape index (κ3) is 5.37. The van der Waals surface area contributed by atoms with E-state index in [4.69, 9.17) is 0 Å². The van der Waals surface area contributed by atoms with E-state index in [1.807, 2.05) is 0 Å². The highest BCUT2D eigenvalue weighted by Crippen LogP contribution is 2.28. The highest BCUT2D eigenvalue weighted by molar-refractivity contribution is 4.67. The molecule has 0 N–H and O–H groups in total. The van der Waals surface area contributed by atoms with Crippen molar-refractivity contribution in [3.05, 3.63) is 0 Å². The van der Waals surface area contributed by atoms with Crippen LogP contribution in [0.5, 0.6) is 0 Å². The highest BCUT2D eigenvalue weighted by Gasteiger charge is 2.15. The molecular formula is C16H32. The summed E-state index contributed by atoms with van der Waals surface area (Å²) in [5.41, 5.74) is 0. The molecule has 2 saturated carbocycles. The fourth-order valence-electron chi connectivity index (χ4n) is 2.93. The van der Waals surface area contributed by atoms with Crippen LogP contribution in [-0.2, 0) is 0 Å². The largest absolute Gasteiger partial charge is 0.0625 e. The van der Waals surface area contributed by atoms with Crippen LogP contribution in [-0.4, -0.2) is 0 Å². The van der Waals surface area contributed by atoms with Crippen LogP contribution in [0.4, 0.5) is 0 Å². The van der Waals surface area contributed by atoms with Crippen molar-refractivity contribution in [2.24, 2.45) is 23.7 Å². The van der Waals surface area contributed by atoms with Gasteiger partial charge >= 0.3 is 0 Å². The second-order valence-corrected chi connectivity index (χ2v) is 6.60. The normalized spacial score (nSPS) is 39.8. The smallest absolute Gasteiger partial charge is 0.0417 e. The van der Waals surface area contributed by atoms with Gasteiger partial charge in [-0.3, -0.25) is 0 Å². The molecule has 0 saturated heterocycles. The average Bonchev–Trinajstić information content (AvgIpc) is 2.28. The molecule has 2 aliphatic rings. The van der Waals surface area contributed by atoms with Gasteiger partial charge in [0.2, 0.25) is 0 Å². The quantitative estimate of drug-likeness (QED) is 0.497. The lowest BCUT2D eigenvalue weighted by atomic mass is 9.82. The Balaban J connectivity index is 0.000000160. The van der Waals surface area contributed by atoms with Crippen LogP contribution < -0.4 is 0 Å². The molecule has 0 aromatic heterocycles. The minimum absolute atomic E-state index is 1.00. The molecule has 2 atom stereocenters. The Morgan fingerprint density at radius 1 is 0.500 bits per heavy atom. The summed E-state index contributed by atoms with van der Waals surface area (Å²) in [6.07, 6.45) is 11.8. The number of rotatable bonds is 0. The van der Waals surface area contributed by atoms with Crippen molar-refractivity contribution in [3.63, 3.8) is 0 Å². The van der Waals surface area contributed by atoms with Gasteiger partial charge in [0.1, 0.15) is 0 Å². The van der Waals surface area contributed by atoms with Crippen LogP contribution in [0, 0.1) is 23.7 Å². The van der Waals surface area contributed by atoms with Gasteiger partial charge in [0, 0.05) is 0 Å². The summed E-state index contributed by atoms with van der Waals surface area (Å²) >= 11 is 0. The number of hydrogen-bond donors (Lipinski definition) is 0. The van der Waals surface area contributed by atoms with Crippen LogP contribution in [0.2, 0.25) is 0 Å². The van der Waals surface area contributed by atoms with Gasteiger partial charge in [-0.2, -0.15) is 0 Å². The van der Waals surface area contributed by atoms with E-state index in [-0.39, 0.29) is 0 Å². The molecule has 0 heteroatoms. The summed E-state index contributed by atoms with van der Waals surface area (Å²) in [5, 5.41) is 0. The van der Waals surface area contributed by atoms with Crippen LogP contribution in [0.25, 0.3) is 0 Å². The molecular weight excluding hydrogens is 192 g/mol. The lowest BCUT2D eigenvalue weighted by Crippen LogP contribution is -2.12. The summed E-state index contributed by atoms with van der Waals surface area (Å²) in [4.78, 5) is 0. The second kappa shape index (κ2) is 7.35. The molecule has 0 aromatic carbocycles. The fourth-order valence-corrected chi connectivity index (χ4v) is 2.93. The van der Waals surface area contributed by atoms with Crippen molar-refractivity contribution < 1.29 is 0 Å². The standard InChI is InChI=1S/2C8H16/c1-7-3-5-8(2)6-4-7;1-7-5-3-4-6-8(7)2/h2*7-8H,3-6H2,1-2H3. The van der Waals surface area contributed by atoms with Gasteiger partial charge in [-0.1, -0.05) is 79.1 Å². The van der Waals surface area contributed by atoms with Crippen molar-refractivity contribution in [3.8, 4) is 0 Å². The summed E-state index contributed by atoms with van der Waals surface area (Å²) in [6, 6.07) is 0. The Hall–Kier alpha value is 0. The molecule has 2 aliphatic carbocycles. The van der Waals surface area contributed by atoms with Crippen LogP contribution in [0.1, 0.15) is 79.1 Å². The van der Waals surface area contributed by atoms with E-state index >= 15 is 0 Å². The van der Waals surface area contributed by atoms with Crippen molar-refractivity contribution in [1.82, 2.24) is 0 Å². The Morgan fingerprint density at radius 2 is 0.812 bits per heavy atom. The molecule has 0 aliphatic heterocycles. The van der Waals surface area contributed by atoms with Gasteiger partial charge in [0.25, 0.3) is 0 Å². The van der Waals surface area contributed by atoms with Gasteiger partial charge in [-0.25, -0.2) is 0 Å². The van der Waals surface area contributed by atoms with E-state index in [1.54, 1.807) is 0 Å². The molecule has 2 rings (SSSR count). The van der Waals surface area contributed by atoms with Gasteiger partial charge in [-0.15, -0.1) is 0 Å². The molecule has 96 valence electrons. The lowest BCUT2D eigenvalue weighted by Gasteiger charge is -2.24. The van der Waals surface area contributed by atoms with E-state index < -0.39 is 0 Å². The van der Waals surface area contributed by atoms with E-state index in [9.17, 15) is 0 Å². The van der Waals surface area contributed by atoms with E-state index in [2.05, 4.69) is 27.7 Å². The second-order valence-electron chi connectivity index (χ2n) is 6.60. The maximum absolute atomic E-state index is 2.38. The van der Waals surface area contributed by atoms with Crippen LogP contribution in [0.15, 0.2) is 0 Å². The molecule has 0 amide bonds. The summed E-state index contributed by atoms with van der Waals surface area (Å²) in [5.74, 6) is 4.05. The van der Waals surface area contributed by atoms with Gasteiger partial charge in [0.05, 0.1) is 0 Å². The SMILES string of the molecule is CC1CCC(C)CC1.CC1CCCCC1C. The zero-order chi connectivity index (χ0) is 12.0. The summed E-state index contributed by atoms with van der Waals surface area (Å²) in [7, 11) is 0. The number of hydrogen-bond acceptors (Lipinski definition) is 0. The molecule has 0 nitrogen and oxygen atoms in total. The predicted molar refractivity (Wildman–Crippen MR) is 73.6 cm³/mol. The van der Waals surface area contributed by atoms with Crippen molar-refractivity contribution >= 4 is 0 Å². The molecule has 2 unspecified atom stereocenters. The first kappa shape index (κ1) is 14.1. The zero-order valence-corrected chi connectivity index (χ0v) is 12.0. The molecule has 0 radical (unpaired) electrons. The van der Waals surface area contributed by atoms with Crippen molar-refractivity contribution in [2.75, 3.05) is 0 Å². The van der Waals surface area contributed by atoms with Gasteiger partial charge in [0.15, 0.2) is 0 Å². The molecule has 0 spiro atoms. The Morgan fingerprint density at radius 3 is 1.06 bits per heavy atom. The zero-order valence-electron chi connectivity index (χ0n) is 12.0. The Kier molecular flexibility index (Phi) is 6.46. The van der Waals surface area contributed by atoms with Gasteiger partial charge in [-0.05, 0) is 23.7 Å². The minimum atomic E-state index is 1.00. The third-order valence-electron chi connectivity index (χ3n) is 4.84. The topological polar surface area (TPSA) is 0 Å². The van der Waals surface area contributed by atoms with Gasteiger partial charge < -0.3 is 0 Å².